The third-order valence-electron chi connectivity index (χ3n) is 4.01. The number of aromatic nitrogens is 1. The van der Waals surface area contributed by atoms with Gasteiger partial charge in [0.05, 0.1) is 12.6 Å². The average Bonchev–Trinajstić information content (AvgIpc) is 3.14. The van der Waals surface area contributed by atoms with Crippen molar-refractivity contribution in [2.45, 2.75) is 25.4 Å². The molecule has 0 aliphatic carbocycles. The van der Waals surface area contributed by atoms with E-state index in [4.69, 9.17) is 4.74 Å². The van der Waals surface area contributed by atoms with E-state index in [1.807, 2.05) is 18.2 Å². The van der Waals surface area contributed by atoms with Crippen LogP contribution in [-0.4, -0.2) is 68.2 Å². The fourth-order valence-corrected chi connectivity index (χ4v) is 2.48. The molecule has 1 saturated heterocycles. The number of ether oxygens (including phenoxy) is 1. The van der Waals surface area contributed by atoms with Crippen LogP contribution in [0.15, 0.2) is 29.4 Å². The number of pyridine rings is 1. The minimum absolute atomic E-state index is 0.0194. The number of aliphatic imine (C=N–C) groups is 1. The zero-order chi connectivity index (χ0) is 17.2. The summed E-state index contributed by atoms with van der Waals surface area (Å²) in [6.45, 7) is 2.39. The summed E-state index contributed by atoms with van der Waals surface area (Å²) in [7, 11) is 3.50. The first kappa shape index (κ1) is 18.2. The molecule has 1 unspecified atom stereocenters. The number of carbonyl (C=O) groups excluding carboxylic acids is 1. The van der Waals surface area contributed by atoms with Gasteiger partial charge in [-0.2, -0.15) is 0 Å². The lowest BCUT2D eigenvalue weighted by molar-refractivity contribution is -0.128. The molecule has 2 heterocycles. The van der Waals surface area contributed by atoms with Crippen molar-refractivity contribution in [3.05, 3.63) is 30.1 Å². The number of likely N-dealkylation sites (N-methyl/N-ethyl adjacent to an activating group) is 1. The van der Waals surface area contributed by atoms with E-state index in [-0.39, 0.29) is 18.6 Å². The molecule has 1 atom stereocenters. The van der Waals surface area contributed by atoms with Crippen molar-refractivity contribution in [1.82, 2.24) is 20.5 Å². The highest BCUT2D eigenvalue weighted by Gasteiger charge is 2.16. The van der Waals surface area contributed by atoms with Gasteiger partial charge in [-0.25, -0.2) is 0 Å². The molecule has 0 spiro atoms. The summed E-state index contributed by atoms with van der Waals surface area (Å²) in [5.41, 5.74) is 0.985. The topological polar surface area (TPSA) is 78.9 Å². The standard InChI is InChI=1S/C17H27N5O2/c1-18-17(20-12-15-7-5-11-24-15)21-13-16(23)22(2)10-8-14-6-3-4-9-19-14/h3-4,6,9,15H,5,7-8,10-13H2,1-2H3,(H2,18,20,21). The molecule has 7 nitrogen and oxygen atoms in total. The van der Waals surface area contributed by atoms with Crippen molar-refractivity contribution in [2.24, 2.45) is 4.99 Å². The van der Waals surface area contributed by atoms with Crippen LogP contribution in [0, 0.1) is 0 Å². The summed E-state index contributed by atoms with van der Waals surface area (Å²) >= 11 is 0. The Balaban J connectivity index is 1.66. The summed E-state index contributed by atoms with van der Waals surface area (Å²) in [4.78, 5) is 22.3. The van der Waals surface area contributed by atoms with Gasteiger partial charge in [-0.1, -0.05) is 6.07 Å². The van der Waals surface area contributed by atoms with Crippen LogP contribution in [0.3, 0.4) is 0 Å². The van der Waals surface area contributed by atoms with E-state index in [1.165, 1.54) is 0 Å². The van der Waals surface area contributed by atoms with Crippen LogP contribution in [-0.2, 0) is 16.0 Å². The normalized spacial score (nSPS) is 17.6. The Morgan fingerprint density at radius 1 is 1.46 bits per heavy atom. The van der Waals surface area contributed by atoms with Gasteiger partial charge in [0, 0.05) is 52.1 Å². The first-order chi connectivity index (χ1) is 11.7. The number of nitrogens with one attached hydrogen (secondary N) is 2. The van der Waals surface area contributed by atoms with E-state index in [9.17, 15) is 4.79 Å². The molecular formula is C17H27N5O2. The van der Waals surface area contributed by atoms with Crippen LogP contribution >= 0.6 is 0 Å². The molecule has 2 rings (SSSR count). The fourth-order valence-electron chi connectivity index (χ4n) is 2.48. The predicted molar refractivity (Wildman–Crippen MR) is 93.9 cm³/mol. The molecule has 1 aliphatic rings. The van der Waals surface area contributed by atoms with Gasteiger partial charge in [-0.15, -0.1) is 0 Å². The molecule has 132 valence electrons. The second-order valence-corrected chi connectivity index (χ2v) is 5.83. The number of guanidine groups is 1. The largest absolute Gasteiger partial charge is 0.376 e. The van der Waals surface area contributed by atoms with Crippen molar-refractivity contribution < 1.29 is 9.53 Å². The highest BCUT2D eigenvalue weighted by molar-refractivity contribution is 5.86. The number of rotatable bonds is 7. The van der Waals surface area contributed by atoms with Crippen molar-refractivity contribution in [3.8, 4) is 0 Å². The number of nitrogens with zero attached hydrogens (tertiary/aromatic N) is 3. The van der Waals surface area contributed by atoms with Gasteiger partial charge in [0.1, 0.15) is 0 Å². The van der Waals surface area contributed by atoms with Crippen molar-refractivity contribution in [1.29, 1.82) is 0 Å². The van der Waals surface area contributed by atoms with Gasteiger partial charge in [0.15, 0.2) is 5.96 Å². The maximum Gasteiger partial charge on any atom is 0.241 e. The summed E-state index contributed by atoms with van der Waals surface area (Å²) in [6, 6.07) is 5.81. The number of hydrogen-bond acceptors (Lipinski definition) is 4. The Morgan fingerprint density at radius 3 is 3.00 bits per heavy atom. The predicted octanol–water partition coefficient (Wildman–Crippen LogP) is 0.427. The molecule has 7 heteroatoms. The van der Waals surface area contributed by atoms with Crippen LogP contribution in [0.4, 0.5) is 0 Å². The van der Waals surface area contributed by atoms with Gasteiger partial charge >= 0.3 is 0 Å². The minimum atomic E-state index is 0.0194. The maximum atomic E-state index is 12.2. The third-order valence-corrected chi connectivity index (χ3v) is 4.01. The Bertz CT molecular complexity index is 529. The highest BCUT2D eigenvalue weighted by atomic mass is 16.5. The van der Waals surface area contributed by atoms with Crippen molar-refractivity contribution >= 4 is 11.9 Å². The lowest BCUT2D eigenvalue weighted by Crippen LogP contribution is -2.45. The quantitative estimate of drug-likeness (QED) is 0.559. The summed E-state index contributed by atoms with van der Waals surface area (Å²) in [6.07, 6.45) is 4.93. The second kappa shape index (κ2) is 9.87. The Labute approximate surface area is 143 Å². The Kier molecular flexibility index (Phi) is 7.48. The first-order valence-electron chi connectivity index (χ1n) is 8.39. The minimum Gasteiger partial charge on any atom is -0.376 e. The van der Waals surface area contributed by atoms with E-state index < -0.39 is 0 Å². The molecular weight excluding hydrogens is 306 g/mol. The van der Waals surface area contributed by atoms with Crippen LogP contribution in [0.1, 0.15) is 18.5 Å². The second-order valence-electron chi connectivity index (χ2n) is 5.83. The van der Waals surface area contributed by atoms with Gasteiger partial charge < -0.3 is 20.3 Å². The fraction of sp³-hybridized carbons (Fsp3) is 0.588. The van der Waals surface area contributed by atoms with E-state index in [1.54, 1.807) is 25.2 Å². The molecule has 0 saturated carbocycles. The highest BCUT2D eigenvalue weighted by Crippen LogP contribution is 2.10. The average molecular weight is 333 g/mol. The van der Waals surface area contributed by atoms with E-state index in [0.29, 0.717) is 19.0 Å². The number of amides is 1. The smallest absolute Gasteiger partial charge is 0.241 e. The summed E-state index contributed by atoms with van der Waals surface area (Å²) in [5, 5.41) is 6.25. The molecule has 2 N–H and O–H groups in total. The van der Waals surface area contributed by atoms with Crippen LogP contribution < -0.4 is 10.6 Å². The van der Waals surface area contributed by atoms with Crippen LogP contribution in [0.25, 0.3) is 0 Å². The van der Waals surface area contributed by atoms with Crippen LogP contribution in [0.2, 0.25) is 0 Å². The SMILES string of the molecule is CN=C(NCC(=O)N(C)CCc1ccccn1)NCC1CCCO1. The number of carbonyl (C=O) groups is 1. The van der Waals surface area contributed by atoms with E-state index in [0.717, 1.165) is 31.6 Å². The zero-order valence-corrected chi connectivity index (χ0v) is 14.5. The lowest BCUT2D eigenvalue weighted by Gasteiger charge is -2.19. The number of hydrogen-bond donors (Lipinski definition) is 2. The van der Waals surface area contributed by atoms with Gasteiger partial charge in [0.2, 0.25) is 5.91 Å². The monoisotopic (exact) mass is 333 g/mol. The molecule has 1 aromatic heterocycles. The molecule has 1 fully saturated rings. The summed E-state index contributed by atoms with van der Waals surface area (Å²) < 4.78 is 5.56. The molecule has 1 aromatic rings. The van der Waals surface area contributed by atoms with Gasteiger partial charge in [0.25, 0.3) is 0 Å². The zero-order valence-electron chi connectivity index (χ0n) is 14.5. The maximum absolute atomic E-state index is 12.2. The molecule has 0 radical (unpaired) electrons. The van der Waals surface area contributed by atoms with E-state index in [2.05, 4.69) is 20.6 Å². The van der Waals surface area contributed by atoms with Gasteiger partial charge in [-0.05, 0) is 25.0 Å². The molecule has 0 bridgehead atoms. The third kappa shape index (κ3) is 6.16. The Morgan fingerprint density at radius 2 is 2.33 bits per heavy atom. The molecule has 24 heavy (non-hydrogen) atoms. The van der Waals surface area contributed by atoms with E-state index >= 15 is 0 Å². The van der Waals surface area contributed by atoms with Crippen molar-refractivity contribution in [3.63, 3.8) is 0 Å². The molecule has 1 aliphatic heterocycles. The summed E-state index contributed by atoms with van der Waals surface area (Å²) in [5.74, 6) is 0.642. The lowest BCUT2D eigenvalue weighted by atomic mass is 10.2. The molecule has 0 aromatic carbocycles. The first-order valence-corrected chi connectivity index (χ1v) is 8.39. The Hall–Kier alpha value is -2.15. The van der Waals surface area contributed by atoms with Crippen LogP contribution in [0.5, 0.6) is 0 Å². The van der Waals surface area contributed by atoms with Gasteiger partial charge in [-0.3, -0.25) is 14.8 Å². The molecule has 1 amide bonds. The van der Waals surface area contributed by atoms with Crippen molar-refractivity contribution in [2.75, 3.05) is 40.3 Å².